The fourth-order valence-corrected chi connectivity index (χ4v) is 1.48. The molecule has 19 heavy (non-hydrogen) atoms. The van der Waals surface area contributed by atoms with E-state index < -0.39 is 6.03 Å². The first-order chi connectivity index (χ1) is 8.91. The lowest BCUT2D eigenvalue weighted by Crippen LogP contribution is -2.41. The van der Waals surface area contributed by atoms with Gasteiger partial charge in [0.05, 0.1) is 5.69 Å². The molecule has 0 aliphatic heterocycles. The second kappa shape index (κ2) is 6.58. The third-order valence-corrected chi connectivity index (χ3v) is 2.33. The molecular formula is C14H19N3O2. The highest BCUT2D eigenvalue weighted by Gasteiger charge is 2.19. The number of hydrogen-bond donors (Lipinski definition) is 2. The number of anilines is 2. The van der Waals surface area contributed by atoms with Crippen LogP contribution in [0.3, 0.4) is 0 Å². The molecule has 0 aliphatic carbocycles. The molecular weight excluding hydrogens is 242 g/mol. The molecule has 3 amide bonds. The van der Waals surface area contributed by atoms with Gasteiger partial charge in [0.2, 0.25) is 5.91 Å². The zero-order valence-corrected chi connectivity index (χ0v) is 11.4. The van der Waals surface area contributed by atoms with Gasteiger partial charge in [-0.25, -0.2) is 9.69 Å². The van der Waals surface area contributed by atoms with E-state index >= 15 is 0 Å². The molecule has 0 saturated heterocycles. The summed E-state index contributed by atoms with van der Waals surface area (Å²) in [7, 11) is 0. The van der Waals surface area contributed by atoms with Gasteiger partial charge in [-0.15, -0.1) is 0 Å². The van der Waals surface area contributed by atoms with Gasteiger partial charge in [-0.1, -0.05) is 26.0 Å². The monoisotopic (exact) mass is 261 g/mol. The fraction of sp³-hybridized carbons (Fsp3) is 0.286. The van der Waals surface area contributed by atoms with E-state index in [1.807, 2.05) is 19.9 Å². The lowest BCUT2D eigenvalue weighted by atomic mass is 10.2. The molecule has 1 aromatic rings. The van der Waals surface area contributed by atoms with E-state index in [1.165, 1.54) is 13.1 Å². The molecule has 0 unspecified atom stereocenters. The van der Waals surface area contributed by atoms with E-state index in [9.17, 15) is 9.59 Å². The van der Waals surface area contributed by atoms with Crippen LogP contribution in [0.5, 0.6) is 0 Å². The molecule has 5 nitrogen and oxygen atoms in total. The zero-order valence-electron chi connectivity index (χ0n) is 11.4. The average molecular weight is 261 g/mol. The van der Waals surface area contributed by atoms with Gasteiger partial charge < -0.3 is 11.1 Å². The first-order valence-corrected chi connectivity index (χ1v) is 6.05. The molecule has 1 aromatic carbocycles. The summed E-state index contributed by atoms with van der Waals surface area (Å²) in [6, 6.07) is 6.11. The molecule has 0 aromatic heterocycles. The van der Waals surface area contributed by atoms with E-state index in [4.69, 9.17) is 5.73 Å². The number of nitrogens with zero attached hydrogens (tertiary/aromatic N) is 1. The standard InChI is InChI=1S/C14H19N3O2/c1-10(2)7-8-16-14(19)17(11(3)18)13-6-4-5-12(15)9-13/h4-10H,15H2,1-3H3,(H,16,19)/b8-7+. The van der Waals surface area contributed by atoms with Crippen molar-refractivity contribution in [2.45, 2.75) is 20.8 Å². The van der Waals surface area contributed by atoms with Crippen LogP contribution < -0.4 is 16.0 Å². The molecule has 1 rings (SSSR count). The van der Waals surface area contributed by atoms with Crippen LogP contribution in [0, 0.1) is 5.92 Å². The molecule has 0 saturated carbocycles. The van der Waals surface area contributed by atoms with Gasteiger partial charge in [0.15, 0.2) is 0 Å². The molecule has 3 N–H and O–H groups in total. The van der Waals surface area contributed by atoms with Crippen LogP contribution >= 0.6 is 0 Å². The summed E-state index contributed by atoms with van der Waals surface area (Å²) < 4.78 is 0. The Balaban J connectivity index is 2.89. The van der Waals surface area contributed by atoms with E-state index in [-0.39, 0.29) is 5.91 Å². The number of nitrogen functional groups attached to an aromatic ring is 1. The molecule has 0 spiro atoms. The Kier molecular flexibility index (Phi) is 5.11. The molecule has 0 heterocycles. The summed E-state index contributed by atoms with van der Waals surface area (Å²) in [5.74, 6) is -0.0560. The smallest absolute Gasteiger partial charge is 0.332 e. The van der Waals surface area contributed by atoms with Gasteiger partial charge in [-0.2, -0.15) is 0 Å². The van der Waals surface area contributed by atoms with Crippen LogP contribution in [-0.4, -0.2) is 11.9 Å². The Hall–Kier alpha value is -2.30. The van der Waals surface area contributed by atoms with E-state index in [2.05, 4.69) is 5.32 Å². The Labute approximate surface area is 113 Å². The number of carbonyl (C=O) groups excluding carboxylic acids is 2. The Morgan fingerprint density at radius 2 is 2.05 bits per heavy atom. The summed E-state index contributed by atoms with van der Waals surface area (Å²) in [6.45, 7) is 5.31. The largest absolute Gasteiger partial charge is 0.399 e. The van der Waals surface area contributed by atoms with Crippen LogP contribution in [0.2, 0.25) is 0 Å². The summed E-state index contributed by atoms with van der Waals surface area (Å²) in [5, 5.41) is 2.56. The maximum atomic E-state index is 12.0. The van der Waals surface area contributed by atoms with Crippen LogP contribution in [0.1, 0.15) is 20.8 Å². The topological polar surface area (TPSA) is 75.4 Å². The minimum atomic E-state index is -0.505. The first-order valence-electron chi connectivity index (χ1n) is 6.05. The van der Waals surface area contributed by atoms with Crippen molar-refractivity contribution < 1.29 is 9.59 Å². The van der Waals surface area contributed by atoms with Crippen molar-refractivity contribution in [1.29, 1.82) is 0 Å². The normalized spacial score (nSPS) is 10.7. The maximum absolute atomic E-state index is 12.0. The van der Waals surface area contributed by atoms with Crippen molar-refractivity contribution in [3.05, 3.63) is 36.5 Å². The van der Waals surface area contributed by atoms with Gasteiger partial charge in [0.25, 0.3) is 0 Å². The number of nitrogens with two attached hydrogens (primary N) is 1. The number of benzene rings is 1. The van der Waals surface area contributed by atoms with Gasteiger partial charge in [0, 0.05) is 18.8 Å². The molecule has 102 valence electrons. The second-order valence-corrected chi connectivity index (χ2v) is 4.50. The number of amides is 3. The molecule has 0 fully saturated rings. The summed E-state index contributed by atoms with van der Waals surface area (Å²) in [6.07, 6.45) is 3.37. The van der Waals surface area contributed by atoms with Gasteiger partial charge in [-0.3, -0.25) is 4.79 Å². The van der Waals surface area contributed by atoms with E-state index in [0.29, 0.717) is 17.3 Å². The number of imide groups is 1. The van der Waals surface area contributed by atoms with Crippen molar-refractivity contribution in [3.63, 3.8) is 0 Å². The minimum absolute atomic E-state index is 0.318. The summed E-state index contributed by atoms with van der Waals surface area (Å²) in [4.78, 5) is 24.6. The molecule has 5 heteroatoms. The third kappa shape index (κ3) is 4.46. The third-order valence-electron chi connectivity index (χ3n) is 2.33. The van der Waals surface area contributed by atoms with Crippen LogP contribution in [0.25, 0.3) is 0 Å². The Bertz CT molecular complexity index is 495. The van der Waals surface area contributed by atoms with Crippen LogP contribution in [-0.2, 0) is 4.79 Å². The SMILES string of the molecule is CC(=O)N(C(=O)N/C=C/C(C)C)c1cccc(N)c1. The van der Waals surface area contributed by atoms with Gasteiger partial charge in [-0.05, 0) is 24.1 Å². The number of rotatable bonds is 3. The van der Waals surface area contributed by atoms with Crippen molar-refractivity contribution in [1.82, 2.24) is 5.32 Å². The zero-order chi connectivity index (χ0) is 14.4. The summed E-state index contributed by atoms with van der Waals surface area (Å²) >= 11 is 0. The highest BCUT2D eigenvalue weighted by molar-refractivity contribution is 6.13. The molecule has 0 radical (unpaired) electrons. The van der Waals surface area contributed by atoms with Crippen LogP contribution in [0.15, 0.2) is 36.5 Å². The quantitative estimate of drug-likeness (QED) is 0.821. The van der Waals surface area contributed by atoms with E-state index in [1.54, 1.807) is 24.3 Å². The van der Waals surface area contributed by atoms with Gasteiger partial charge >= 0.3 is 6.03 Å². The number of urea groups is 1. The summed E-state index contributed by atoms with van der Waals surface area (Å²) in [5.41, 5.74) is 6.59. The number of allylic oxidation sites excluding steroid dienone is 1. The second-order valence-electron chi connectivity index (χ2n) is 4.50. The highest BCUT2D eigenvalue weighted by atomic mass is 16.2. The molecule has 0 atom stereocenters. The number of carbonyl (C=O) groups is 2. The maximum Gasteiger partial charge on any atom is 0.332 e. The van der Waals surface area contributed by atoms with Crippen molar-refractivity contribution >= 4 is 23.3 Å². The van der Waals surface area contributed by atoms with Crippen molar-refractivity contribution in [2.75, 3.05) is 10.6 Å². The lowest BCUT2D eigenvalue weighted by Gasteiger charge is -2.19. The van der Waals surface area contributed by atoms with Gasteiger partial charge in [0.1, 0.15) is 0 Å². The van der Waals surface area contributed by atoms with Crippen LogP contribution in [0.4, 0.5) is 16.2 Å². The highest BCUT2D eigenvalue weighted by Crippen LogP contribution is 2.17. The molecule has 0 bridgehead atoms. The Morgan fingerprint density at radius 1 is 1.37 bits per heavy atom. The molecule has 0 aliphatic rings. The first kappa shape index (κ1) is 14.8. The average Bonchev–Trinajstić information content (AvgIpc) is 2.28. The van der Waals surface area contributed by atoms with Crippen molar-refractivity contribution in [2.24, 2.45) is 5.92 Å². The lowest BCUT2D eigenvalue weighted by molar-refractivity contribution is -0.115. The predicted molar refractivity (Wildman–Crippen MR) is 76.5 cm³/mol. The predicted octanol–water partition coefficient (Wildman–Crippen LogP) is 2.50. The number of hydrogen-bond acceptors (Lipinski definition) is 3. The van der Waals surface area contributed by atoms with Crippen molar-refractivity contribution in [3.8, 4) is 0 Å². The minimum Gasteiger partial charge on any atom is -0.399 e. The Morgan fingerprint density at radius 3 is 2.58 bits per heavy atom. The fourth-order valence-electron chi connectivity index (χ4n) is 1.48. The number of nitrogens with one attached hydrogen (secondary N) is 1. The van der Waals surface area contributed by atoms with E-state index in [0.717, 1.165) is 4.90 Å².